The molecule has 2 saturated carbocycles. The zero-order chi connectivity index (χ0) is 11.2. The van der Waals surface area contributed by atoms with Crippen molar-refractivity contribution in [1.82, 2.24) is 0 Å². The SMILES string of the molecule is OOC1CCC(OOC2CCCCC2)CC1. The molecule has 0 unspecified atom stereocenters. The lowest BCUT2D eigenvalue weighted by Crippen LogP contribution is -2.28. The van der Waals surface area contributed by atoms with Gasteiger partial charge in [0.15, 0.2) is 0 Å². The van der Waals surface area contributed by atoms with Crippen molar-refractivity contribution in [2.45, 2.75) is 76.1 Å². The van der Waals surface area contributed by atoms with E-state index in [9.17, 15) is 0 Å². The van der Waals surface area contributed by atoms with E-state index in [-0.39, 0.29) is 12.2 Å². The summed E-state index contributed by atoms with van der Waals surface area (Å²) in [7, 11) is 0. The van der Waals surface area contributed by atoms with Gasteiger partial charge in [0.05, 0.1) is 18.3 Å². The van der Waals surface area contributed by atoms with Crippen molar-refractivity contribution in [3.05, 3.63) is 0 Å². The highest BCUT2D eigenvalue weighted by atomic mass is 17.2. The van der Waals surface area contributed by atoms with Gasteiger partial charge in [0.1, 0.15) is 0 Å². The Morgan fingerprint density at radius 3 is 1.69 bits per heavy atom. The second-order valence-electron chi connectivity index (χ2n) is 4.96. The van der Waals surface area contributed by atoms with Crippen LogP contribution in [-0.4, -0.2) is 23.6 Å². The van der Waals surface area contributed by atoms with E-state index < -0.39 is 0 Å². The molecule has 0 aliphatic heterocycles. The first-order chi connectivity index (χ1) is 7.88. The summed E-state index contributed by atoms with van der Waals surface area (Å²) in [5.41, 5.74) is 0. The fourth-order valence-electron chi connectivity index (χ4n) is 2.55. The molecule has 0 heterocycles. The van der Waals surface area contributed by atoms with Gasteiger partial charge in [0.2, 0.25) is 0 Å². The molecule has 0 amide bonds. The van der Waals surface area contributed by atoms with Crippen molar-refractivity contribution in [2.75, 3.05) is 0 Å². The van der Waals surface area contributed by atoms with Crippen molar-refractivity contribution in [3.8, 4) is 0 Å². The molecule has 0 aromatic heterocycles. The van der Waals surface area contributed by atoms with Gasteiger partial charge in [-0.1, -0.05) is 19.3 Å². The minimum absolute atomic E-state index is 0.00506. The van der Waals surface area contributed by atoms with Gasteiger partial charge >= 0.3 is 0 Å². The normalized spacial score (nSPS) is 32.8. The molecule has 0 atom stereocenters. The van der Waals surface area contributed by atoms with Crippen LogP contribution in [0.3, 0.4) is 0 Å². The summed E-state index contributed by atoms with van der Waals surface area (Å²) in [5, 5.41) is 8.54. The lowest BCUT2D eigenvalue weighted by atomic mass is 9.95. The molecular weight excluding hydrogens is 208 g/mol. The minimum Gasteiger partial charge on any atom is -0.252 e. The molecular formula is C12H22O4. The predicted molar refractivity (Wildman–Crippen MR) is 58.8 cm³/mol. The van der Waals surface area contributed by atoms with Gasteiger partial charge in [0, 0.05) is 0 Å². The van der Waals surface area contributed by atoms with Crippen LogP contribution >= 0.6 is 0 Å². The Balaban J connectivity index is 1.59. The third-order valence-electron chi connectivity index (χ3n) is 3.65. The van der Waals surface area contributed by atoms with Crippen LogP contribution in [0.4, 0.5) is 0 Å². The van der Waals surface area contributed by atoms with Crippen LogP contribution < -0.4 is 0 Å². The highest BCUT2D eigenvalue weighted by Gasteiger charge is 2.24. The first-order valence-corrected chi connectivity index (χ1v) is 6.51. The molecule has 0 saturated heterocycles. The molecule has 1 N–H and O–H groups in total. The Labute approximate surface area is 96.7 Å². The van der Waals surface area contributed by atoms with E-state index in [0.717, 1.165) is 38.5 Å². The monoisotopic (exact) mass is 230 g/mol. The maximum absolute atomic E-state index is 8.54. The number of hydrogen-bond acceptors (Lipinski definition) is 4. The van der Waals surface area contributed by atoms with Crippen molar-refractivity contribution < 1.29 is 19.9 Å². The molecule has 0 spiro atoms. The van der Waals surface area contributed by atoms with Crippen LogP contribution in [0.1, 0.15) is 57.8 Å². The largest absolute Gasteiger partial charge is 0.252 e. The molecule has 2 aliphatic carbocycles. The quantitative estimate of drug-likeness (QED) is 0.595. The van der Waals surface area contributed by atoms with Gasteiger partial charge < -0.3 is 0 Å². The van der Waals surface area contributed by atoms with Gasteiger partial charge in [-0.25, -0.2) is 14.7 Å². The maximum Gasteiger partial charge on any atom is 0.0932 e. The van der Waals surface area contributed by atoms with Crippen LogP contribution in [0.2, 0.25) is 0 Å². The molecule has 2 aliphatic rings. The first-order valence-electron chi connectivity index (χ1n) is 6.51. The average Bonchev–Trinajstić information content (AvgIpc) is 2.38. The highest BCUT2D eigenvalue weighted by molar-refractivity contribution is 4.71. The molecule has 94 valence electrons. The molecule has 0 radical (unpaired) electrons. The first kappa shape index (κ1) is 12.3. The van der Waals surface area contributed by atoms with E-state index in [1.807, 2.05) is 0 Å². The van der Waals surface area contributed by atoms with E-state index >= 15 is 0 Å². The second kappa shape index (κ2) is 6.55. The summed E-state index contributed by atoms with van der Waals surface area (Å²) in [6.07, 6.45) is 10.2. The Hall–Kier alpha value is -0.160. The fourth-order valence-corrected chi connectivity index (χ4v) is 2.55. The summed E-state index contributed by atoms with van der Waals surface area (Å²) in [6.45, 7) is 0. The zero-order valence-electron chi connectivity index (χ0n) is 9.77. The number of rotatable bonds is 4. The predicted octanol–water partition coefficient (Wildman–Crippen LogP) is 3.07. The molecule has 16 heavy (non-hydrogen) atoms. The molecule has 4 nitrogen and oxygen atoms in total. The Kier molecular flexibility index (Phi) is 5.03. The lowest BCUT2D eigenvalue weighted by molar-refractivity contribution is -0.364. The highest BCUT2D eigenvalue weighted by Crippen LogP contribution is 2.25. The van der Waals surface area contributed by atoms with Crippen molar-refractivity contribution in [2.24, 2.45) is 0 Å². The summed E-state index contributed by atoms with van der Waals surface area (Å²) >= 11 is 0. The van der Waals surface area contributed by atoms with Crippen molar-refractivity contribution >= 4 is 0 Å². The summed E-state index contributed by atoms with van der Waals surface area (Å²) in [6, 6.07) is 0. The van der Waals surface area contributed by atoms with Gasteiger partial charge in [-0.3, -0.25) is 5.26 Å². The van der Waals surface area contributed by atoms with Crippen LogP contribution in [0.15, 0.2) is 0 Å². The Bertz CT molecular complexity index is 183. The smallest absolute Gasteiger partial charge is 0.0932 e. The van der Waals surface area contributed by atoms with Gasteiger partial charge in [-0.05, 0) is 38.5 Å². The Morgan fingerprint density at radius 2 is 1.12 bits per heavy atom. The van der Waals surface area contributed by atoms with E-state index in [1.165, 1.54) is 19.3 Å². The molecule has 4 heteroatoms. The van der Waals surface area contributed by atoms with E-state index in [1.54, 1.807) is 0 Å². The van der Waals surface area contributed by atoms with Crippen molar-refractivity contribution in [1.29, 1.82) is 0 Å². The number of hydrogen-bond donors (Lipinski definition) is 1. The molecule has 2 rings (SSSR count). The lowest BCUT2D eigenvalue weighted by Gasteiger charge is -2.28. The summed E-state index contributed by atoms with van der Waals surface area (Å²) in [5.74, 6) is 0. The van der Waals surface area contributed by atoms with Crippen molar-refractivity contribution in [3.63, 3.8) is 0 Å². The van der Waals surface area contributed by atoms with Crippen LogP contribution in [0, 0.1) is 0 Å². The third-order valence-corrected chi connectivity index (χ3v) is 3.65. The van der Waals surface area contributed by atoms with Gasteiger partial charge in [-0.15, -0.1) is 0 Å². The van der Waals surface area contributed by atoms with Gasteiger partial charge in [0.25, 0.3) is 0 Å². The maximum atomic E-state index is 8.54. The Morgan fingerprint density at radius 1 is 0.625 bits per heavy atom. The second-order valence-corrected chi connectivity index (χ2v) is 4.96. The summed E-state index contributed by atoms with van der Waals surface area (Å²) in [4.78, 5) is 15.3. The minimum atomic E-state index is -0.00506. The molecule has 0 aromatic rings. The van der Waals surface area contributed by atoms with E-state index in [0.29, 0.717) is 6.10 Å². The molecule has 2 fully saturated rings. The fraction of sp³-hybridized carbons (Fsp3) is 1.00. The van der Waals surface area contributed by atoms with Crippen LogP contribution in [-0.2, 0) is 14.7 Å². The van der Waals surface area contributed by atoms with Crippen LogP contribution in [0.5, 0.6) is 0 Å². The van der Waals surface area contributed by atoms with E-state index in [2.05, 4.69) is 4.89 Å². The van der Waals surface area contributed by atoms with Crippen LogP contribution in [0.25, 0.3) is 0 Å². The third kappa shape index (κ3) is 3.70. The average molecular weight is 230 g/mol. The molecule has 0 bridgehead atoms. The standard InChI is InChI=1S/C12H22O4/c13-14-10-6-8-12(9-7-10)16-15-11-4-2-1-3-5-11/h10-13H,1-9H2. The van der Waals surface area contributed by atoms with Gasteiger partial charge in [-0.2, -0.15) is 0 Å². The molecule has 0 aromatic carbocycles. The summed E-state index contributed by atoms with van der Waals surface area (Å²) < 4.78 is 0. The van der Waals surface area contributed by atoms with E-state index in [4.69, 9.17) is 15.0 Å². The topological polar surface area (TPSA) is 47.9 Å². The zero-order valence-corrected chi connectivity index (χ0v) is 9.77.